The number of hydrogen-bond donors (Lipinski definition) is 1. The third-order valence-electron chi connectivity index (χ3n) is 4.23. The third kappa shape index (κ3) is 4.51. The Morgan fingerprint density at radius 2 is 2.04 bits per heavy atom. The first-order valence-corrected chi connectivity index (χ1v) is 10.2. The fourth-order valence-electron chi connectivity index (χ4n) is 2.93. The van der Waals surface area contributed by atoms with Crippen molar-refractivity contribution < 1.29 is 17.9 Å². The van der Waals surface area contributed by atoms with Crippen molar-refractivity contribution in [3.8, 4) is 11.5 Å². The van der Waals surface area contributed by atoms with E-state index in [2.05, 4.69) is 10.3 Å². The summed E-state index contributed by atoms with van der Waals surface area (Å²) in [7, 11) is -3.04. The lowest BCUT2D eigenvalue weighted by molar-refractivity contribution is 0.197. The number of carbonyl (C=O) groups excluding carboxylic acids is 1. The van der Waals surface area contributed by atoms with E-state index in [1.165, 1.54) is 0 Å². The maximum absolute atomic E-state index is 12.5. The number of benzene rings is 1. The minimum absolute atomic E-state index is 0.0339. The Bertz CT molecular complexity index is 854. The number of rotatable bonds is 5. The average molecular weight is 375 g/mol. The second-order valence-electron chi connectivity index (χ2n) is 6.09. The molecule has 0 spiro atoms. The quantitative estimate of drug-likeness (QED) is 0.868. The van der Waals surface area contributed by atoms with Crippen molar-refractivity contribution in [2.75, 3.05) is 23.4 Å². The van der Waals surface area contributed by atoms with Gasteiger partial charge in [0.15, 0.2) is 9.84 Å². The summed E-state index contributed by atoms with van der Waals surface area (Å²) >= 11 is 0. The van der Waals surface area contributed by atoms with Crippen LogP contribution in [-0.2, 0) is 9.84 Å². The van der Waals surface area contributed by atoms with E-state index in [-0.39, 0.29) is 23.6 Å². The van der Waals surface area contributed by atoms with Gasteiger partial charge in [-0.05, 0) is 49.7 Å². The van der Waals surface area contributed by atoms with Crippen LogP contribution < -0.4 is 10.1 Å². The minimum atomic E-state index is -3.04. The average Bonchev–Trinajstić information content (AvgIpc) is 2.98. The van der Waals surface area contributed by atoms with Crippen LogP contribution in [0.5, 0.6) is 11.5 Å². The van der Waals surface area contributed by atoms with Crippen LogP contribution in [0.25, 0.3) is 0 Å². The Hall–Kier alpha value is -2.61. The van der Waals surface area contributed by atoms with Crippen molar-refractivity contribution in [3.05, 3.63) is 48.8 Å². The van der Waals surface area contributed by atoms with Gasteiger partial charge in [0.1, 0.15) is 11.5 Å². The summed E-state index contributed by atoms with van der Waals surface area (Å²) in [6.07, 6.45) is 3.77. The first-order valence-electron chi connectivity index (χ1n) is 8.43. The SMILES string of the molecule is CCN(C(=O)Nc1ccc(Oc2cccnc2)cc1)C1CCS(=O)(=O)C1. The second kappa shape index (κ2) is 7.74. The van der Waals surface area contributed by atoms with E-state index in [4.69, 9.17) is 4.74 Å². The summed E-state index contributed by atoms with van der Waals surface area (Å²) in [6, 6.07) is 10.0. The number of urea groups is 1. The summed E-state index contributed by atoms with van der Waals surface area (Å²) in [4.78, 5) is 18.1. The van der Waals surface area contributed by atoms with Gasteiger partial charge in [0.05, 0.1) is 17.7 Å². The highest BCUT2D eigenvalue weighted by molar-refractivity contribution is 7.91. The molecule has 138 valence electrons. The summed E-state index contributed by atoms with van der Waals surface area (Å²) < 4.78 is 29.0. The second-order valence-corrected chi connectivity index (χ2v) is 8.32. The molecular weight excluding hydrogens is 354 g/mol. The number of anilines is 1. The van der Waals surface area contributed by atoms with Crippen molar-refractivity contribution in [1.82, 2.24) is 9.88 Å². The topological polar surface area (TPSA) is 88.6 Å². The lowest BCUT2D eigenvalue weighted by Gasteiger charge is -2.27. The number of aromatic nitrogens is 1. The predicted octanol–water partition coefficient (Wildman–Crippen LogP) is 2.91. The van der Waals surface area contributed by atoms with Crippen molar-refractivity contribution >= 4 is 21.6 Å². The van der Waals surface area contributed by atoms with E-state index in [0.29, 0.717) is 30.2 Å². The third-order valence-corrected chi connectivity index (χ3v) is 5.98. The molecule has 7 nitrogen and oxygen atoms in total. The highest BCUT2D eigenvalue weighted by Crippen LogP contribution is 2.23. The van der Waals surface area contributed by atoms with Crippen molar-refractivity contribution in [1.29, 1.82) is 0 Å². The number of carbonyl (C=O) groups is 1. The molecule has 1 N–H and O–H groups in total. The molecule has 1 atom stereocenters. The Labute approximate surface area is 152 Å². The fourth-order valence-corrected chi connectivity index (χ4v) is 4.66. The van der Waals surface area contributed by atoms with Crippen LogP contribution in [0.3, 0.4) is 0 Å². The Morgan fingerprint density at radius 1 is 1.27 bits per heavy atom. The van der Waals surface area contributed by atoms with Gasteiger partial charge in [0, 0.05) is 24.5 Å². The van der Waals surface area contributed by atoms with Gasteiger partial charge in [-0.2, -0.15) is 0 Å². The van der Waals surface area contributed by atoms with Crippen molar-refractivity contribution in [3.63, 3.8) is 0 Å². The molecule has 0 bridgehead atoms. The molecule has 0 aliphatic carbocycles. The predicted molar refractivity (Wildman–Crippen MR) is 99.2 cm³/mol. The minimum Gasteiger partial charge on any atom is -0.456 e. The largest absolute Gasteiger partial charge is 0.456 e. The zero-order valence-electron chi connectivity index (χ0n) is 14.5. The maximum atomic E-state index is 12.5. The van der Waals surface area contributed by atoms with Gasteiger partial charge in [-0.3, -0.25) is 4.98 Å². The lowest BCUT2D eigenvalue weighted by Crippen LogP contribution is -2.43. The molecule has 1 aromatic carbocycles. The molecule has 26 heavy (non-hydrogen) atoms. The molecule has 2 heterocycles. The van der Waals surface area contributed by atoms with Gasteiger partial charge in [0.25, 0.3) is 0 Å². The molecule has 1 aromatic heterocycles. The van der Waals surface area contributed by atoms with Crippen LogP contribution in [0.4, 0.5) is 10.5 Å². The monoisotopic (exact) mass is 375 g/mol. The summed E-state index contributed by atoms with van der Waals surface area (Å²) in [5, 5.41) is 2.81. The molecular formula is C18H21N3O4S. The molecule has 0 radical (unpaired) electrons. The van der Waals surface area contributed by atoms with Crippen LogP contribution in [0.15, 0.2) is 48.8 Å². The van der Waals surface area contributed by atoms with Crippen LogP contribution in [-0.4, -0.2) is 48.4 Å². The van der Waals surface area contributed by atoms with Crippen LogP contribution in [0.1, 0.15) is 13.3 Å². The fraction of sp³-hybridized carbons (Fsp3) is 0.333. The lowest BCUT2D eigenvalue weighted by atomic mass is 10.2. The van der Waals surface area contributed by atoms with E-state index in [1.54, 1.807) is 53.7 Å². The van der Waals surface area contributed by atoms with Gasteiger partial charge in [-0.15, -0.1) is 0 Å². The van der Waals surface area contributed by atoms with Crippen molar-refractivity contribution in [2.45, 2.75) is 19.4 Å². The van der Waals surface area contributed by atoms with E-state index >= 15 is 0 Å². The molecule has 0 saturated carbocycles. The van der Waals surface area contributed by atoms with E-state index in [0.717, 1.165) is 0 Å². The number of ether oxygens (including phenoxy) is 1. The van der Waals surface area contributed by atoms with Gasteiger partial charge in [-0.1, -0.05) is 0 Å². The zero-order chi connectivity index (χ0) is 18.6. The Morgan fingerprint density at radius 3 is 2.62 bits per heavy atom. The normalized spacial score (nSPS) is 18.3. The molecule has 1 unspecified atom stereocenters. The van der Waals surface area contributed by atoms with Gasteiger partial charge >= 0.3 is 6.03 Å². The Kier molecular flexibility index (Phi) is 5.41. The summed E-state index contributed by atoms with van der Waals surface area (Å²) in [5.74, 6) is 1.43. The molecule has 1 saturated heterocycles. The first-order chi connectivity index (χ1) is 12.5. The van der Waals surface area contributed by atoms with Crippen molar-refractivity contribution in [2.24, 2.45) is 0 Å². The zero-order valence-corrected chi connectivity index (χ0v) is 15.3. The molecule has 1 fully saturated rings. The number of nitrogens with zero attached hydrogens (tertiary/aromatic N) is 2. The number of amides is 2. The highest BCUT2D eigenvalue weighted by Gasteiger charge is 2.33. The number of hydrogen-bond acceptors (Lipinski definition) is 5. The van der Waals surface area contributed by atoms with Crippen LogP contribution in [0.2, 0.25) is 0 Å². The van der Waals surface area contributed by atoms with Gasteiger partial charge in [0.2, 0.25) is 0 Å². The van der Waals surface area contributed by atoms with Crippen LogP contribution in [0, 0.1) is 0 Å². The molecule has 1 aliphatic heterocycles. The Balaban J connectivity index is 1.61. The van der Waals surface area contributed by atoms with E-state index in [1.807, 2.05) is 6.92 Å². The van der Waals surface area contributed by atoms with Gasteiger partial charge in [-0.25, -0.2) is 13.2 Å². The highest BCUT2D eigenvalue weighted by atomic mass is 32.2. The molecule has 2 aromatic rings. The summed E-state index contributed by atoms with van der Waals surface area (Å²) in [6.45, 7) is 2.30. The maximum Gasteiger partial charge on any atom is 0.322 e. The molecule has 8 heteroatoms. The molecule has 1 aliphatic rings. The van der Waals surface area contributed by atoms with E-state index < -0.39 is 9.84 Å². The first kappa shape index (κ1) is 18.2. The van der Waals surface area contributed by atoms with E-state index in [9.17, 15) is 13.2 Å². The standard InChI is InChI=1S/C18H21N3O4S/c1-2-21(15-9-11-26(23,24)13-15)18(22)20-14-5-7-16(8-6-14)25-17-4-3-10-19-12-17/h3-8,10,12,15H,2,9,11,13H2,1H3,(H,20,22). The number of sulfone groups is 1. The van der Waals surface area contributed by atoms with Gasteiger partial charge < -0.3 is 15.0 Å². The summed E-state index contributed by atoms with van der Waals surface area (Å²) in [5.41, 5.74) is 0.618. The number of nitrogens with one attached hydrogen (secondary N) is 1. The molecule has 2 amide bonds. The van der Waals surface area contributed by atoms with Crippen LogP contribution >= 0.6 is 0 Å². The number of pyridine rings is 1. The molecule has 3 rings (SSSR count). The smallest absolute Gasteiger partial charge is 0.322 e.